The van der Waals surface area contributed by atoms with Crippen molar-refractivity contribution in [1.29, 1.82) is 0 Å². The Hall–Kier alpha value is -0.810. The van der Waals surface area contributed by atoms with Crippen LogP contribution in [-0.2, 0) is 14.3 Å². The van der Waals surface area contributed by atoms with Gasteiger partial charge in [-0.1, -0.05) is 23.2 Å². The SMILES string of the molecule is COCCOC1C(=O)CC1Oc1ccc(Cl)c(Cl)c1. The van der Waals surface area contributed by atoms with Crippen LogP contribution in [0.1, 0.15) is 6.42 Å². The van der Waals surface area contributed by atoms with Crippen molar-refractivity contribution in [3.05, 3.63) is 28.2 Å². The Morgan fingerprint density at radius 2 is 2.05 bits per heavy atom. The predicted molar refractivity (Wildman–Crippen MR) is 72.1 cm³/mol. The first-order chi connectivity index (χ1) is 9.11. The summed E-state index contributed by atoms with van der Waals surface area (Å²) in [6.07, 6.45) is -0.455. The van der Waals surface area contributed by atoms with Gasteiger partial charge in [-0.3, -0.25) is 4.79 Å². The van der Waals surface area contributed by atoms with Crippen LogP contribution in [0.3, 0.4) is 0 Å². The van der Waals surface area contributed by atoms with Gasteiger partial charge in [0.2, 0.25) is 0 Å². The first kappa shape index (κ1) is 14.6. The van der Waals surface area contributed by atoms with E-state index in [9.17, 15) is 4.79 Å². The molecular weight excluding hydrogens is 291 g/mol. The Kier molecular flexibility index (Phi) is 5.05. The molecule has 2 atom stereocenters. The molecule has 0 spiro atoms. The molecule has 1 aromatic carbocycles. The first-order valence-electron chi connectivity index (χ1n) is 5.87. The van der Waals surface area contributed by atoms with Gasteiger partial charge in [0.15, 0.2) is 11.9 Å². The van der Waals surface area contributed by atoms with Gasteiger partial charge in [-0.25, -0.2) is 0 Å². The van der Waals surface area contributed by atoms with Crippen molar-refractivity contribution in [2.45, 2.75) is 18.6 Å². The number of hydrogen-bond acceptors (Lipinski definition) is 4. The number of ether oxygens (including phenoxy) is 3. The number of Topliss-reactive ketones (excluding diaryl/α,β-unsaturated/α-hetero) is 1. The van der Waals surface area contributed by atoms with Crippen LogP contribution in [0.5, 0.6) is 5.75 Å². The minimum atomic E-state index is -0.524. The van der Waals surface area contributed by atoms with Gasteiger partial charge < -0.3 is 14.2 Å². The highest BCUT2D eigenvalue weighted by Crippen LogP contribution is 2.30. The van der Waals surface area contributed by atoms with E-state index in [0.717, 1.165) is 0 Å². The van der Waals surface area contributed by atoms with Crippen LogP contribution in [0.2, 0.25) is 10.0 Å². The van der Waals surface area contributed by atoms with Crippen LogP contribution < -0.4 is 4.74 Å². The predicted octanol–water partition coefficient (Wildman–Crippen LogP) is 2.75. The molecule has 6 heteroatoms. The molecule has 0 heterocycles. The standard InChI is InChI=1S/C13H14Cl2O4/c1-17-4-5-18-13-11(16)7-12(13)19-8-2-3-9(14)10(15)6-8/h2-3,6,12-13H,4-5,7H2,1H3. The third-order valence-corrected chi connectivity index (χ3v) is 3.56. The van der Waals surface area contributed by atoms with E-state index in [1.165, 1.54) is 0 Å². The van der Waals surface area contributed by atoms with Crippen LogP contribution in [0.25, 0.3) is 0 Å². The van der Waals surface area contributed by atoms with E-state index in [-0.39, 0.29) is 11.9 Å². The average Bonchev–Trinajstić information content (AvgIpc) is 2.38. The fraction of sp³-hybridized carbons (Fsp3) is 0.462. The first-order valence-corrected chi connectivity index (χ1v) is 6.62. The molecule has 2 rings (SSSR count). The highest BCUT2D eigenvalue weighted by atomic mass is 35.5. The molecule has 1 aliphatic carbocycles. The lowest BCUT2D eigenvalue weighted by Crippen LogP contribution is -2.52. The minimum absolute atomic E-state index is 0.0427. The maximum atomic E-state index is 11.5. The third kappa shape index (κ3) is 3.60. The fourth-order valence-corrected chi connectivity index (χ4v) is 2.04. The van der Waals surface area contributed by atoms with Crippen molar-refractivity contribution < 1.29 is 19.0 Å². The summed E-state index contributed by atoms with van der Waals surface area (Å²) < 4.78 is 16.0. The van der Waals surface area contributed by atoms with Crippen LogP contribution >= 0.6 is 23.2 Å². The van der Waals surface area contributed by atoms with Gasteiger partial charge in [-0.2, -0.15) is 0 Å². The van der Waals surface area contributed by atoms with E-state index in [4.69, 9.17) is 37.4 Å². The summed E-state index contributed by atoms with van der Waals surface area (Å²) in [4.78, 5) is 11.5. The maximum absolute atomic E-state index is 11.5. The van der Waals surface area contributed by atoms with E-state index >= 15 is 0 Å². The van der Waals surface area contributed by atoms with E-state index in [2.05, 4.69) is 0 Å². The van der Waals surface area contributed by atoms with Gasteiger partial charge in [0.1, 0.15) is 11.9 Å². The quantitative estimate of drug-likeness (QED) is 0.758. The number of rotatable bonds is 6. The number of methoxy groups -OCH3 is 1. The number of benzene rings is 1. The Balaban J connectivity index is 1.91. The second kappa shape index (κ2) is 6.57. The third-order valence-electron chi connectivity index (χ3n) is 2.82. The van der Waals surface area contributed by atoms with Crippen molar-refractivity contribution in [2.75, 3.05) is 20.3 Å². The van der Waals surface area contributed by atoms with Crippen molar-refractivity contribution in [3.63, 3.8) is 0 Å². The molecule has 104 valence electrons. The minimum Gasteiger partial charge on any atom is -0.487 e. The van der Waals surface area contributed by atoms with Gasteiger partial charge in [-0.15, -0.1) is 0 Å². The molecule has 0 radical (unpaired) electrons. The van der Waals surface area contributed by atoms with Crippen LogP contribution in [0, 0.1) is 0 Å². The van der Waals surface area contributed by atoms with E-state index in [1.807, 2.05) is 0 Å². The van der Waals surface area contributed by atoms with Gasteiger partial charge in [0.05, 0.1) is 23.3 Å². The number of carbonyl (C=O) groups is 1. The summed E-state index contributed by atoms with van der Waals surface area (Å²) >= 11 is 11.7. The average molecular weight is 305 g/mol. The lowest BCUT2D eigenvalue weighted by atomic mass is 9.90. The molecule has 1 aromatic rings. The van der Waals surface area contributed by atoms with E-state index in [0.29, 0.717) is 35.4 Å². The highest BCUT2D eigenvalue weighted by Gasteiger charge is 2.42. The van der Waals surface area contributed by atoms with Gasteiger partial charge in [0, 0.05) is 19.6 Å². The molecule has 0 aromatic heterocycles. The molecule has 0 saturated heterocycles. The van der Waals surface area contributed by atoms with Gasteiger partial charge in [0.25, 0.3) is 0 Å². The molecule has 4 nitrogen and oxygen atoms in total. The Morgan fingerprint density at radius 1 is 1.26 bits per heavy atom. The Labute approximate surface area is 121 Å². The van der Waals surface area contributed by atoms with Crippen LogP contribution in [0.15, 0.2) is 18.2 Å². The van der Waals surface area contributed by atoms with Crippen LogP contribution in [-0.4, -0.2) is 38.3 Å². The molecule has 1 saturated carbocycles. The molecule has 0 bridgehead atoms. The number of hydrogen-bond donors (Lipinski definition) is 0. The number of halogens is 2. The normalized spacial score (nSPS) is 22.2. The zero-order valence-electron chi connectivity index (χ0n) is 10.4. The zero-order valence-corrected chi connectivity index (χ0v) is 11.9. The maximum Gasteiger partial charge on any atom is 0.169 e. The van der Waals surface area contributed by atoms with E-state index < -0.39 is 6.10 Å². The highest BCUT2D eigenvalue weighted by molar-refractivity contribution is 6.42. The molecule has 19 heavy (non-hydrogen) atoms. The smallest absolute Gasteiger partial charge is 0.169 e. The van der Waals surface area contributed by atoms with E-state index in [1.54, 1.807) is 25.3 Å². The van der Waals surface area contributed by atoms with Crippen molar-refractivity contribution >= 4 is 29.0 Å². The number of carbonyl (C=O) groups excluding carboxylic acids is 1. The van der Waals surface area contributed by atoms with Crippen molar-refractivity contribution in [2.24, 2.45) is 0 Å². The summed E-state index contributed by atoms with van der Waals surface area (Å²) in [6, 6.07) is 4.99. The summed E-state index contributed by atoms with van der Waals surface area (Å²) in [5, 5.41) is 0.883. The van der Waals surface area contributed by atoms with Gasteiger partial charge >= 0.3 is 0 Å². The van der Waals surface area contributed by atoms with Crippen molar-refractivity contribution in [3.8, 4) is 5.75 Å². The zero-order chi connectivity index (χ0) is 13.8. The molecule has 0 N–H and O–H groups in total. The molecule has 2 unspecified atom stereocenters. The lowest BCUT2D eigenvalue weighted by Gasteiger charge is -2.34. The molecular formula is C13H14Cl2O4. The molecule has 0 amide bonds. The summed E-state index contributed by atoms with van der Waals surface area (Å²) in [6.45, 7) is 0.817. The largest absolute Gasteiger partial charge is 0.487 e. The number of ketones is 1. The second-order valence-electron chi connectivity index (χ2n) is 4.19. The topological polar surface area (TPSA) is 44.8 Å². The van der Waals surface area contributed by atoms with Crippen molar-refractivity contribution in [1.82, 2.24) is 0 Å². The second-order valence-corrected chi connectivity index (χ2v) is 5.00. The molecule has 1 aliphatic rings. The fourth-order valence-electron chi connectivity index (χ4n) is 1.76. The van der Waals surface area contributed by atoms with Crippen LogP contribution in [0.4, 0.5) is 0 Å². The lowest BCUT2D eigenvalue weighted by molar-refractivity contribution is -0.156. The Bertz CT molecular complexity index is 464. The molecule has 1 fully saturated rings. The monoisotopic (exact) mass is 304 g/mol. The molecule has 0 aliphatic heterocycles. The Morgan fingerprint density at radius 3 is 2.68 bits per heavy atom. The summed E-state index contributed by atoms with van der Waals surface area (Å²) in [5.41, 5.74) is 0. The summed E-state index contributed by atoms with van der Waals surface area (Å²) in [5.74, 6) is 0.619. The van der Waals surface area contributed by atoms with Gasteiger partial charge in [-0.05, 0) is 12.1 Å². The summed E-state index contributed by atoms with van der Waals surface area (Å²) in [7, 11) is 1.58.